The van der Waals surface area contributed by atoms with Crippen molar-refractivity contribution in [3.63, 3.8) is 0 Å². The molecule has 0 saturated heterocycles. The van der Waals surface area contributed by atoms with Crippen LogP contribution < -0.4 is 11.1 Å². The van der Waals surface area contributed by atoms with Gasteiger partial charge in [-0.1, -0.05) is 37.8 Å². The molecule has 3 rings (SSSR count). The summed E-state index contributed by atoms with van der Waals surface area (Å²) in [5.74, 6) is 0.126. The average molecular weight is 409 g/mol. The highest BCUT2D eigenvalue weighted by molar-refractivity contribution is 5.85. The molecule has 2 atom stereocenters. The monoisotopic (exact) mass is 408 g/mol. The van der Waals surface area contributed by atoms with Crippen molar-refractivity contribution in [3.8, 4) is 6.07 Å². The van der Waals surface area contributed by atoms with E-state index in [0.717, 1.165) is 5.56 Å². The van der Waals surface area contributed by atoms with Crippen LogP contribution in [0.4, 0.5) is 0 Å². The number of benzene rings is 1. The Hall–Kier alpha value is -3.28. The van der Waals surface area contributed by atoms with E-state index in [4.69, 9.17) is 10.5 Å². The van der Waals surface area contributed by atoms with Gasteiger partial charge >= 0.3 is 0 Å². The molecule has 0 radical (unpaired) electrons. The van der Waals surface area contributed by atoms with Crippen LogP contribution >= 0.6 is 0 Å². The zero-order valence-electron chi connectivity index (χ0n) is 16.7. The second kappa shape index (κ2) is 9.48. The number of ether oxygens (including phenoxy) is 1. The fraction of sp³-hybridized carbons (Fsp3) is 0.364. The SMILES string of the molecule is C.C[C@H](OCc1ccccc1)[C@@H](NC(=O)C(C)(C)N)c1nnc2ccc(C#N)cn12. The Bertz CT molecular complexity index is 1030. The zero-order valence-corrected chi connectivity index (χ0v) is 16.7. The fourth-order valence-electron chi connectivity index (χ4n) is 2.80. The van der Waals surface area contributed by atoms with E-state index in [-0.39, 0.29) is 13.3 Å². The minimum absolute atomic E-state index is 0. The number of amides is 1. The first-order valence-electron chi connectivity index (χ1n) is 9.30. The number of hydrogen-bond acceptors (Lipinski definition) is 6. The molecule has 1 aromatic carbocycles. The first kappa shape index (κ1) is 23.0. The molecule has 0 fully saturated rings. The number of carbonyl (C=O) groups excluding carboxylic acids is 1. The molecule has 0 bridgehead atoms. The lowest BCUT2D eigenvalue weighted by Crippen LogP contribution is -2.52. The van der Waals surface area contributed by atoms with E-state index in [1.807, 2.05) is 37.3 Å². The summed E-state index contributed by atoms with van der Waals surface area (Å²) >= 11 is 0. The summed E-state index contributed by atoms with van der Waals surface area (Å²) in [6, 6.07) is 14.6. The summed E-state index contributed by atoms with van der Waals surface area (Å²) in [4.78, 5) is 12.6. The Balaban J connectivity index is 0.00000320. The largest absolute Gasteiger partial charge is 0.371 e. The van der Waals surface area contributed by atoms with Crippen LogP contribution in [0.3, 0.4) is 0 Å². The number of nitriles is 1. The van der Waals surface area contributed by atoms with E-state index in [2.05, 4.69) is 21.6 Å². The molecule has 0 aliphatic rings. The van der Waals surface area contributed by atoms with Gasteiger partial charge in [0.25, 0.3) is 0 Å². The molecule has 0 spiro atoms. The maximum absolute atomic E-state index is 12.6. The van der Waals surface area contributed by atoms with Crippen LogP contribution in [0.5, 0.6) is 0 Å². The van der Waals surface area contributed by atoms with Crippen LogP contribution in [-0.2, 0) is 16.1 Å². The highest BCUT2D eigenvalue weighted by atomic mass is 16.5. The molecule has 2 heterocycles. The van der Waals surface area contributed by atoms with Crippen LogP contribution in [0.25, 0.3) is 5.65 Å². The molecule has 0 aliphatic heterocycles. The van der Waals surface area contributed by atoms with E-state index in [1.54, 1.807) is 36.6 Å². The van der Waals surface area contributed by atoms with Gasteiger partial charge in [-0.05, 0) is 38.5 Å². The van der Waals surface area contributed by atoms with Crippen molar-refractivity contribution in [1.82, 2.24) is 19.9 Å². The highest BCUT2D eigenvalue weighted by Crippen LogP contribution is 2.21. The van der Waals surface area contributed by atoms with Gasteiger partial charge in [-0.15, -0.1) is 10.2 Å². The molecule has 0 aliphatic carbocycles. The minimum Gasteiger partial charge on any atom is -0.371 e. The van der Waals surface area contributed by atoms with Crippen LogP contribution in [0.2, 0.25) is 0 Å². The van der Waals surface area contributed by atoms with Crippen LogP contribution in [-0.4, -0.2) is 32.1 Å². The normalized spacial score (nSPS) is 13.2. The number of rotatable bonds is 7. The van der Waals surface area contributed by atoms with Gasteiger partial charge in [-0.25, -0.2) is 0 Å². The van der Waals surface area contributed by atoms with Gasteiger partial charge in [-0.3, -0.25) is 9.20 Å². The molecular weight excluding hydrogens is 380 g/mol. The molecular formula is C22H28N6O2. The van der Waals surface area contributed by atoms with Gasteiger partial charge in [0.15, 0.2) is 11.5 Å². The number of nitrogens with zero attached hydrogens (tertiary/aromatic N) is 4. The Kier molecular flexibility index (Phi) is 7.27. The summed E-state index contributed by atoms with van der Waals surface area (Å²) in [5.41, 5.74) is 6.94. The van der Waals surface area contributed by atoms with Crippen LogP contribution in [0, 0.1) is 11.3 Å². The maximum Gasteiger partial charge on any atom is 0.240 e. The first-order chi connectivity index (χ1) is 13.8. The predicted octanol–water partition coefficient (Wildman–Crippen LogP) is 2.74. The number of hydrogen-bond donors (Lipinski definition) is 2. The summed E-state index contributed by atoms with van der Waals surface area (Å²) in [5, 5.41) is 20.6. The average Bonchev–Trinajstić information content (AvgIpc) is 3.12. The minimum atomic E-state index is -1.07. The zero-order chi connectivity index (χ0) is 21.0. The Morgan fingerprint density at radius 2 is 1.97 bits per heavy atom. The number of nitrogens with one attached hydrogen (secondary N) is 1. The fourth-order valence-corrected chi connectivity index (χ4v) is 2.80. The maximum atomic E-state index is 12.6. The molecule has 1 amide bonds. The van der Waals surface area contributed by atoms with E-state index in [9.17, 15) is 10.1 Å². The lowest BCUT2D eigenvalue weighted by molar-refractivity contribution is -0.127. The van der Waals surface area contributed by atoms with E-state index < -0.39 is 17.7 Å². The molecule has 3 aromatic rings. The number of fused-ring (bicyclic) bond motifs is 1. The molecule has 8 heteroatoms. The molecule has 8 nitrogen and oxygen atoms in total. The standard InChI is InChI=1S/C21H24N6O2.CH4/c1-14(29-13-15-7-5-4-6-8-15)18(24-20(28)21(2,3)23)19-26-25-17-10-9-16(11-22)12-27(17)19;/h4-10,12,14,18H,13,23H2,1-3H3,(H,24,28);1H4/t14-,18+;/m0./s1. The van der Waals surface area contributed by atoms with Crippen LogP contribution in [0.1, 0.15) is 51.2 Å². The lowest BCUT2D eigenvalue weighted by Gasteiger charge is -2.27. The second-order valence-corrected chi connectivity index (χ2v) is 7.49. The molecule has 30 heavy (non-hydrogen) atoms. The molecule has 0 unspecified atom stereocenters. The first-order valence-corrected chi connectivity index (χ1v) is 9.30. The third kappa shape index (κ3) is 5.20. The van der Waals surface area contributed by atoms with Gasteiger partial charge < -0.3 is 15.8 Å². The third-order valence-electron chi connectivity index (χ3n) is 4.53. The topological polar surface area (TPSA) is 118 Å². The predicted molar refractivity (Wildman–Crippen MR) is 114 cm³/mol. The molecule has 158 valence electrons. The van der Waals surface area contributed by atoms with Crippen LogP contribution in [0.15, 0.2) is 48.7 Å². The van der Waals surface area contributed by atoms with E-state index in [1.165, 1.54) is 0 Å². The number of nitrogens with two attached hydrogens (primary N) is 1. The molecule has 2 aromatic heterocycles. The van der Waals surface area contributed by atoms with Gasteiger partial charge in [0.2, 0.25) is 5.91 Å². The number of carbonyl (C=O) groups is 1. The second-order valence-electron chi connectivity index (χ2n) is 7.49. The summed E-state index contributed by atoms with van der Waals surface area (Å²) in [7, 11) is 0. The van der Waals surface area contributed by atoms with Crippen molar-refractivity contribution in [1.29, 1.82) is 5.26 Å². The summed E-state index contributed by atoms with van der Waals surface area (Å²) < 4.78 is 7.72. The quantitative estimate of drug-likeness (QED) is 0.620. The van der Waals surface area contributed by atoms with Gasteiger partial charge in [0.1, 0.15) is 12.1 Å². The van der Waals surface area contributed by atoms with Crippen molar-refractivity contribution >= 4 is 11.6 Å². The van der Waals surface area contributed by atoms with E-state index in [0.29, 0.717) is 23.6 Å². The lowest BCUT2D eigenvalue weighted by atomic mass is 10.0. The van der Waals surface area contributed by atoms with Crippen molar-refractivity contribution in [3.05, 3.63) is 65.6 Å². The Labute approximate surface area is 176 Å². The van der Waals surface area contributed by atoms with Crippen molar-refractivity contribution in [2.24, 2.45) is 5.73 Å². The van der Waals surface area contributed by atoms with Crippen molar-refractivity contribution in [2.45, 2.75) is 52.5 Å². The Morgan fingerprint density at radius 1 is 1.27 bits per heavy atom. The third-order valence-corrected chi connectivity index (χ3v) is 4.53. The molecule has 0 saturated carbocycles. The van der Waals surface area contributed by atoms with Gasteiger partial charge in [-0.2, -0.15) is 5.26 Å². The highest BCUT2D eigenvalue weighted by Gasteiger charge is 2.31. The van der Waals surface area contributed by atoms with Gasteiger partial charge in [0.05, 0.1) is 23.8 Å². The van der Waals surface area contributed by atoms with Gasteiger partial charge in [0, 0.05) is 6.20 Å². The van der Waals surface area contributed by atoms with Crippen molar-refractivity contribution in [2.75, 3.05) is 0 Å². The van der Waals surface area contributed by atoms with E-state index >= 15 is 0 Å². The molecule has 3 N–H and O–H groups in total. The summed E-state index contributed by atoms with van der Waals surface area (Å²) in [6.45, 7) is 5.49. The number of pyridine rings is 1. The number of aromatic nitrogens is 3. The van der Waals surface area contributed by atoms with Crippen molar-refractivity contribution < 1.29 is 9.53 Å². The summed E-state index contributed by atoms with van der Waals surface area (Å²) in [6.07, 6.45) is 1.21. The smallest absolute Gasteiger partial charge is 0.240 e. The Morgan fingerprint density at radius 3 is 2.60 bits per heavy atom.